The molecule has 94 valence electrons. The maximum atomic E-state index is 5.88. The van der Waals surface area contributed by atoms with Crippen molar-refractivity contribution in [2.45, 2.75) is 38.6 Å². The Morgan fingerprint density at radius 3 is 2.88 bits per heavy atom. The molecule has 0 aliphatic heterocycles. The summed E-state index contributed by atoms with van der Waals surface area (Å²) in [6.07, 6.45) is 6.91. The molecule has 1 aliphatic rings. The lowest BCUT2D eigenvalue weighted by Gasteiger charge is -2.38. The highest BCUT2D eigenvalue weighted by atomic mass is 15.2. The van der Waals surface area contributed by atoms with Gasteiger partial charge in [-0.15, -0.1) is 0 Å². The zero-order valence-corrected chi connectivity index (χ0v) is 10.8. The average molecular weight is 234 g/mol. The predicted molar refractivity (Wildman–Crippen MR) is 70.0 cm³/mol. The molecule has 17 heavy (non-hydrogen) atoms. The number of hydrogen-bond acceptors (Lipinski definition) is 4. The summed E-state index contributed by atoms with van der Waals surface area (Å²) >= 11 is 0. The highest BCUT2D eigenvalue weighted by Crippen LogP contribution is 2.29. The van der Waals surface area contributed by atoms with Gasteiger partial charge in [0.25, 0.3) is 0 Å². The van der Waals surface area contributed by atoms with Crippen molar-refractivity contribution in [2.24, 2.45) is 11.7 Å². The van der Waals surface area contributed by atoms with E-state index in [9.17, 15) is 0 Å². The van der Waals surface area contributed by atoms with E-state index >= 15 is 0 Å². The minimum atomic E-state index is 0.531. The molecule has 1 aromatic rings. The summed E-state index contributed by atoms with van der Waals surface area (Å²) in [6.45, 7) is 2.71. The van der Waals surface area contributed by atoms with Crippen molar-refractivity contribution >= 4 is 5.82 Å². The zero-order chi connectivity index (χ0) is 12.3. The molecule has 1 heterocycles. The lowest BCUT2D eigenvalue weighted by Crippen LogP contribution is -2.43. The van der Waals surface area contributed by atoms with Gasteiger partial charge in [-0.05, 0) is 38.3 Å². The van der Waals surface area contributed by atoms with Crippen LogP contribution in [0, 0.1) is 12.8 Å². The molecular formula is C13H22N4. The van der Waals surface area contributed by atoms with Gasteiger partial charge in [-0.3, -0.25) is 0 Å². The molecule has 0 spiro atoms. The van der Waals surface area contributed by atoms with E-state index in [2.05, 4.69) is 21.9 Å². The van der Waals surface area contributed by atoms with E-state index in [0.29, 0.717) is 12.0 Å². The Balaban J connectivity index is 2.15. The smallest absolute Gasteiger partial charge is 0.132 e. The predicted octanol–water partition coefficient (Wildman–Crippen LogP) is 1.74. The number of aryl methyl sites for hydroxylation is 1. The Kier molecular flexibility index (Phi) is 3.94. The van der Waals surface area contributed by atoms with Crippen LogP contribution in [0.5, 0.6) is 0 Å². The van der Waals surface area contributed by atoms with Crippen LogP contribution < -0.4 is 10.6 Å². The quantitative estimate of drug-likeness (QED) is 0.865. The molecule has 2 rings (SSSR count). The molecule has 0 saturated heterocycles. The van der Waals surface area contributed by atoms with Crippen LogP contribution in [-0.4, -0.2) is 29.6 Å². The largest absolute Gasteiger partial charge is 0.356 e. The van der Waals surface area contributed by atoms with Gasteiger partial charge >= 0.3 is 0 Å². The monoisotopic (exact) mass is 234 g/mol. The van der Waals surface area contributed by atoms with E-state index in [0.717, 1.165) is 18.2 Å². The van der Waals surface area contributed by atoms with Crippen molar-refractivity contribution in [2.75, 3.05) is 18.5 Å². The molecular weight excluding hydrogens is 212 g/mol. The molecule has 2 unspecified atom stereocenters. The highest BCUT2D eigenvalue weighted by Gasteiger charge is 2.27. The van der Waals surface area contributed by atoms with E-state index < -0.39 is 0 Å². The summed E-state index contributed by atoms with van der Waals surface area (Å²) in [6, 6.07) is 2.51. The fourth-order valence-electron chi connectivity index (χ4n) is 2.78. The Morgan fingerprint density at radius 2 is 2.18 bits per heavy atom. The Hall–Kier alpha value is -1.16. The van der Waals surface area contributed by atoms with Gasteiger partial charge in [0.05, 0.1) is 0 Å². The first-order valence-corrected chi connectivity index (χ1v) is 6.45. The topological polar surface area (TPSA) is 55.0 Å². The maximum Gasteiger partial charge on any atom is 0.132 e. The fourth-order valence-corrected chi connectivity index (χ4v) is 2.78. The summed E-state index contributed by atoms with van der Waals surface area (Å²) in [4.78, 5) is 10.9. The lowest BCUT2D eigenvalue weighted by molar-refractivity contribution is 0.305. The molecule has 2 atom stereocenters. The number of nitrogens with two attached hydrogens (primary N) is 1. The van der Waals surface area contributed by atoms with Gasteiger partial charge in [0, 0.05) is 19.3 Å². The van der Waals surface area contributed by atoms with Crippen molar-refractivity contribution in [1.82, 2.24) is 9.97 Å². The first-order chi connectivity index (χ1) is 8.22. The Morgan fingerprint density at radius 1 is 1.41 bits per heavy atom. The zero-order valence-electron chi connectivity index (χ0n) is 10.8. The summed E-state index contributed by atoms with van der Waals surface area (Å²) < 4.78 is 0. The van der Waals surface area contributed by atoms with Gasteiger partial charge in [-0.1, -0.05) is 12.8 Å². The standard InChI is InChI=1S/C13H22N4/c1-10-15-8-7-13(16-10)17(2)12-6-4-3-5-11(12)9-14/h7-8,11-12H,3-6,9,14H2,1-2H3. The first kappa shape index (κ1) is 12.3. The van der Waals surface area contributed by atoms with Crippen LogP contribution in [0.3, 0.4) is 0 Å². The van der Waals surface area contributed by atoms with Crippen LogP contribution in [0.1, 0.15) is 31.5 Å². The lowest BCUT2D eigenvalue weighted by atomic mass is 9.84. The van der Waals surface area contributed by atoms with Gasteiger partial charge in [0.15, 0.2) is 0 Å². The molecule has 1 aliphatic carbocycles. The minimum Gasteiger partial charge on any atom is -0.356 e. The summed E-state index contributed by atoms with van der Waals surface area (Å²) in [5, 5.41) is 0. The molecule has 1 fully saturated rings. The van der Waals surface area contributed by atoms with Crippen molar-refractivity contribution in [3.8, 4) is 0 Å². The van der Waals surface area contributed by atoms with E-state index in [1.165, 1.54) is 25.7 Å². The molecule has 0 bridgehead atoms. The third-order valence-electron chi connectivity index (χ3n) is 3.79. The summed E-state index contributed by atoms with van der Waals surface area (Å²) in [5.74, 6) is 2.45. The van der Waals surface area contributed by atoms with Gasteiger partial charge in [0.1, 0.15) is 11.6 Å². The third kappa shape index (κ3) is 2.75. The molecule has 4 nitrogen and oxygen atoms in total. The number of nitrogens with zero attached hydrogens (tertiary/aromatic N) is 3. The molecule has 0 amide bonds. The third-order valence-corrected chi connectivity index (χ3v) is 3.79. The van der Waals surface area contributed by atoms with E-state index in [1.54, 1.807) is 0 Å². The average Bonchev–Trinajstić information content (AvgIpc) is 2.38. The van der Waals surface area contributed by atoms with Gasteiger partial charge in [0.2, 0.25) is 0 Å². The van der Waals surface area contributed by atoms with Gasteiger partial charge in [-0.2, -0.15) is 0 Å². The highest BCUT2D eigenvalue weighted by molar-refractivity contribution is 5.38. The van der Waals surface area contributed by atoms with Crippen LogP contribution in [0.4, 0.5) is 5.82 Å². The molecule has 2 N–H and O–H groups in total. The number of hydrogen-bond donors (Lipinski definition) is 1. The molecule has 0 radical (unpaired) electrons. The number of anilines is 1. The molecule has 0 aromatic carbocycles. The Labute approximate surface area is 103 Å². The maximum absolute atomic E-state index is 5.88. The number of aromatic nitrogens is 2. The molecule has 1 saturated carbocycles. The number of rotatable bonds is 3. The fraction of sp³-hybridized carbons (Fsp3) is 0.692. The molecule has 4 heteroatoms. The van der Waals surface area contributed by atoms with Crippen molar-refractivity contribution < 1.29 is 0 Å². The van der Waals surface area contributed by atoms with Crippen molar-refractivity contribution in [3.63, 3.8) is 0 Å². The second-order valence-corrected chi connectivity index (χ2v) is 4.92. The minimum absolute atomic E-state index is 0.531. The van der Waals surface area contributed by atoms with Gasteiger partial charge < -0.3 is 10.6 Å². The normalized spacial score (nSPS) is 24.6. The second kappa shape index (κ2) is 5.45. The van der Waals surface area contributed by atoms with Crippen LogP contribution in [0.25, 0.3) is 0 Å². The summed E-state index contributed by atoms with van der Waals surface area (Å²) in [7, 11) is 2.13. The van der Waals surface area contributed by atoms with E-state index in [-0.39, 0.29) is 0 Å². The van der Waals surface area contributed by atoms with Crippen molar-refractivity contribution in [3.05, 3.63) is 18.1 Å². The first-order valence-electron chi connectivity index (χ1n) is 6.45. The van der Waals surface area contributed by atoms with E-state index in [1.807, 2.05) is 19.2 Å². The summed E-state index contributed by atoms with van der Waals surface area (Å²) in [5.41, 5.74) is 5.88. The van der Waals surface area contributed by atoms with E-state index in [4.69, 9.17) is 5.73 Å². The second-order valence-electron chi connectivity index (χ2n) is 4.92. The van der Waals surface area contributed by atoms with Crippen LogP contribution in [0.2, 0.25) is 0 Å². The van der Waals surface area contributed by atoms with Crippen LogP contribution in [-0.2, 0) is 0 Å². The van der Waals surface area contributed by atoms with Crippen LogP contribution >= 0.6 is 0 Å². The van der Waals surface area contributed by atoms with Crippen molar-refractivity contribution in [1.29, 1.82) is 0 Å². The Bertz CT molecular complexity index is 366. The van der Waals surface area contributed by atoms with Gasteiger partial charge in [-0.25, -0.2) is 9.97 Å². The van der Waals surface area contributed by atoms with Crippen LogP contribution in [0.15, 0.2) is 12.3 Å². The SMILES string of the molecule is Cc1nccc(N(C)C2CCCCC2CN)n1. The molecule has 1 aromatic heterocycles.